The monoisotopic (exact) mass is 379 g/mol. The predicted molar refractivity (Wildman–Crippen MR) is 103 cm³/mol. The van der Waals surface area contributed by atoms with Gasteiger partial charge in [-0.1, -0.05) is 23.7 Å². The second kappa shape index (κ2) is 9.87. The fraction of sp³-hybridized carbons (Fsp3) is 0.316. The third kappa shape index (κ3) is 5.52. The van der Waals surface area contributed by atoms with Crippen LogP contribution < -0.4 is 20.1 Å². The van der Waals surface area contributed by atoms with Crippen LogP contribution in [0.15, 0.2) is 41.4 Å². The van der Waals surface area contributed by atoms with Crippen LogP contribution >= 0.6 is 11.6 Å². The molecule has 0 fully saturated rings. The molecule has 2 aromatic carbocycles. The summed E-state index contributed by atoms with van der Waals surface area (Å²) in [4.78, 5) is 4.50. The number of hydrogen-bond acceptors (Lipinski definition) is 3. The van der Waals surface area contributed by atoms with Crippen LogP contribution in [0.25, 0.3) is 0 Å². The topological polar surface area (TPSA) is 54.9 Å². The molecule has 7 heteroatoms. The van der Waals surface area contributed by atoms with Crippen molar-refractivity contribution in [1.29, 1.82) is 0 Å². The van der Waals surface area contributed by atoms with Gasteiger partial charge in [0.2, 0.25) is 0 Å². The maximum atomic E-state index is 13.2. The van der Waals surface area contributed by atoms with Crippen molar-refractivity contribution in [2.24, 2.45) is 4.99 Å². The van der Waals surface area contributed by atoms with Gasteiger partial charge in [-0.15, -0.1) is 0 Å². The molecule has 2 N–H and O–H groups in total. The Morgan fingerprint density at radius 3 is 2.42 bits per heavy atom. The molecule has 0 atom stereocenters. The van der Waals surface area contributed by atoms with Crippen LogP contribution in [0.5, 0.6) is 11.5 Å². The number of benzene rings is 2. The Morgan fingerprint density at radius 1 is 1.04 bits per heavy atom. The Labute approximate surface area is 158 Å². The summed E-state index contributed by atoms with van der Waals surface area (Å²) in [6.07, 6.45) is 0. The zero-order valence-corrected chi connectivity index (χ0v) is 15.9. The van der Waals surface area contributed by atoms with Gasteiger partial charge < -0.3 is 20.1 Å². The molecule has 0 aliphatic heterocycles. The van der Waals surface area contributed by atoms with Crippen molar-refractivity contribution in [3.05, 3.63) is 58.4 Å². The first-order valence-electron chi connectivity index (χ1n) is 8.24. The average Bonchev–Trinajstić information content (AvgIpc) is 2.66. The van der Waals surface area contributed by atoms with Crippen LogP contribution in [-0.4, -0.2) is 26.7 Å². The predicted octanol–water partition coefficient (Wildman–Crippen LogP) is 3.75. The number of rotatable bonds is 7. The quantitative estimate of drug-likeness (QED) is 0.568. The van der Waals surface area contributed by atoms with Gasteiger partial charge in [-0.05, 0) is 42.3 Å². The number of methoxy groups -OCH3 is 2. The molecule has 2 rings (SSSR count). The normalized spacial score (nSPS) is 11.2. The number of aliphatic imine (C=N–C) groups is 1. The van der Waals surface area contributed by atoms with Gasteiger partial charge in [-0.3, -0.25) is 0 Å². The Bertz CT molecular complexity index is 768. The molecule has 0 saturated heterocycles. The van der Waals surface area contributed by atoms with E-state index in [0.29, 0.717) is 30.5 Å². The van der Waals surface area contributed by atoms with Gasteiger partial charge in [0.25, 0.3) is 0 Å². The third-order valence-corrected chi connectivity index (χ3v) is 3.95. The van der Waals surface area contributed by atoms with E-state index in [-0.39, 0.29) is 5.02 Å². The molecule has 0 unspecified atom stereocenters. The van der Waals surface area contributed by atoms with E-state index < -0.39 is 5.82 Å². The first-order valence-corrected chi connectivity index (χ1v) is 8.62. The van der Waals surface area contributed by atoms with Crippen molar-refractivity contribution in [2.75, 3.05) is 20.8 Å². The van der Waals surface area contributed by atoms with Crippen LogP contribution in [0.2, 0.25) is 5.02 Å². The molecule has 0 heterocycles. The molecule has 0 saturated carbocycles. The van der Waals surface area contributed by atoms with Gasteiger partial charge in [0.15, 0.2) is 17.5 Å². The summed E-state index contributed by atoms with van der Waals surface area (Å²) >= 11 is 5.81. The minimum Gasteiger partial charge on any atom is -0.493 e. The highest BCUT2D eigenvalue weighted by Gasteiger charge is 2.06. The van der Waals surface area contributed by atoms with Crippen LogP contribution in [0.3, 0.4) is 0 Å². The molecule has 0 spiro atoms. The number of nitrogens with zero attached hydrogens (tertiary/aromatic N) is 1. The van der Waals surface area contributed by atoms with Gasteiger partial charge >= 0.3 is 0 Å². The Kier molecular flexibility index (Phi) is 7.53. The zero-order valence-electron chi connectivity index (χ0n) is 15.1. The molecule has 140 valence electrons. The second-order valence-electron chi connectivity index (χ2n) is 5.49. The lowest BCUT2D eigenvalue weighted by Gasteiger charge is -2.13. The second-order valence-corrected chi connectivity index (χ2v) is 5.89. The van der Waals surface area contributed by atoms with E-state index in [2.05, 4.69) is 15.6 Å². The summed E-state index contributed by atoms with van der Waals surface area (Å²) in [6, 6.07) is 10.3. The van der Waals surface area contributed by atoms with Crippen molar-refractivity contribution < 1.29 is 13.9 Å². The number of halogens is 2. The number of nitrogens with one attached hydrogen (secondary N) is 2. The van der Waals surface area contributed by atoms with Crippen LogP contribution in [0.1, 0.15) is 18.1 Å². The first kappa shape index (κ1) is 19.8. The highest BCUT2D eigenvalue weighted by Crippen LogP contribution is 2.27. The highest BCUT2D eigenvalue weighted by molar-refractivity contribution is 6.30. The van der Waals surface area contributed by atoms with Gasteiger partial charge in [-0.25, -0.2) is 9.38 Å². The molecular formula is C19H23ClFN3O2. The van der Waals surface area contributed by atoms with E-state index in [4.69, 9.17) is 21.1 Å². The van der Waals surface area contributed by atoms with Crippen LogP contribution in [0.4, 0.5) is 4.39 Å². The molecule has 0 aliphatic carbocycles. The van der Waals surface area contributed by atoms with Crippen LogP contribution in [-0.2, 0) is 13.1 Å². The SMILES string of the molecule is CCNC(=NCc1ccc(F)c(Cl)c1)NCc1ccc(OC)c(OC)c1. The minimum atomic E-state index is -0.433. The summed E-state index contributed by atoms with van der Waals surface area (Å²) in [7, 11) is 3.21. The average molecular weight is 380 g/mol. The zero-order chi connectivity index (χ0) is 18.9. The molecular weight excluding hydrogens is 357 g/mol. The molecule has 0 aromatic heterocycles. The fourth-order valence-electron chi connectivity index (χ4n) is 2.33. The Hall–Kier alpha value is -2.47. The smallest absolute Gasteiger partial charge is 0.191 e. The van der Waals surface area contributed by atoms with Crippen molar-refractivity contribution >= 4 is 17.6 Å². The van der Waals surface area contributed by atoms with E-state index in [9.17, 15) is 4.39 Å². The van der Waals surface area contributed by atoms with Gasteiger partial charge in [0.05, 0.1) is 25.8 Å². The largest absolute Gasteiger partial charge is 0.493 e. The summed E-state index contributed by atoms with van der Waals surface area (Å²) in [5, 5.41) is 6.53. The minimum absolute atomic E-state index is 0.0981. The number of hydrogen-bond donors (Lipinski definition) is 2. The maximum Gasteiger partial charge on any atom is 0.191 e. The molecule has 0 radical (unpaired) electrons. The van der Waals surface area contributed by atoms with Crippen molar-refractivity contribution in [1.82, 2.24) is 10.6 Å². The van der Waals surface area contributed by atoms with E-state index in [1.165, 1.54) is 6.07 Å². The van der Waals surface area contributed by atoms with E-state index in [0.717, 1.165) is 17.7 Å². The lowest BCUT2D eigenvalue weighted by Crippen LogP contribution is -2.36. The number of guanidine groups is 1. The van der Waals surface area contributed by atoms with E-state index in [1.54, 1.807) is 26.4 Å². The lowest BCUT2D eigenvalue weighted by molar-refractivity contribution is 0.354. The summed E-state index contributed by atoms with van der Waals surface area (Å²) < 4.78 is 23.8. The maximum absolute atomic E-state index is 13.2. The van der Waals surface area contributed by atoms with Gasteiger partial charge in [0.1, 0.15) is 5.82 Å². The molecule has 26 heavy (non-hydrogen) atoms. The standard InChI is InChI=1S/C19H23ClFN3O2/c1-4-22-19(23-11-13-5-7-16(21)15(20)9-13)24-12-14-6-8-17(25-2)18(10-14)26-3/h5-10H,4,11-12H2,1-3H3,(H2,22,23,24). The summed E-state index contributed by atoms with van der Waals surface area (Å²) in [5.41, 5.74) is 1.86. The molecule has 0 amide bonds. The van der Waals surface area contributed by atoms with Gasteiger partial charge in [-0.2, -0.15) is 0 Å². The molecule has 0 aliphatic rings. The molecule has 2 aromatic rings. The number of ether oxygens (including phenoxy) is 2. The fourth-order valence-corrected chi connectivity index (χ4v) is 2.53. The Morgan fingerprint density at radius 2 is 1.77 bits per heavy atom. The lowest BCUT2D eigenvalue weighted by atomic mass is 10.2. The van der Waals surface area contributed by atoms with Crippen molar-refractivity contribution in [3.8, 4) is 11.5 Å². The van der Waals surface area contributed by atoms with Gasteiger partial charge in [0, 0.05) is 13.1 Å². The highest BCUT2D eigenvalue weighted by atomic mass is 35.5. The first-order chi connectivity index (χ1) is 12.6. The van der Waals surface area contributed by atoms with Crippen molar-refractivity contribution in [2.45, 2.75) is 20.0 Å². The summed E-state index contributed by atoms with van der Waals surface area (Å²) in [5.74, 6) is 1.58. The van der Waals surface area contributed by atoms with E-state index >= 15 is 0 Å². The summed E-state index contributed by atoms with van der Waals surface area (Å²) in [6.45, 7) is 3.67. The Balaban J connectivity index is 2.04. The van der Waals surface area contributed by atoms with Crippen molar-refractivity contribution in [3.63, 3.8) is 0 Å². The molecule has 0 bridgehead atoms. The van der Waals surface area contributed by atoms with E-state index in [1.807, 2.05) is 25.1 Å². The van der Waals surface area contributed by atoms with Crippen LogP contribution in [0, 0.1) is 5.82 Å². The molecule has 5 nitrogen and oxygen atoms in total. The third-order valence-electron chi connectivity index (χ3n) is 3.66.